The van der Waals surface area contributed by atoms with Crippen LogP contribution < -0.4 is 24.6 Å². The highest BCUT2D eigenvalue weighted by Crippen LogP contribution is 2.38. The number of aliphatic hydroxyl groups excluding tert-OH is 1. The van der Waals surface area contributed by atoms with Crippen LogP contribution in [0.4, 0.5) is 38.0 Å². The monoisotopic (exact) mass is 638 g/mol. The first-order valence-corrected chi connectivity index (χ1v) is 13.4. The number of hydrogen-bond acceptors (Lipinski definition) is 7. The Morgan fingerprint density at radius 3 is 2.29 bits per heavy atom. The zero-order chi connectivity index (χ0) is 32.6. The summed E-state index contributed by atoms with van der Waals surface area (Å²) in [5.74, 6) is -8.63. The average Bonchev–Trinajstić information content (AvgIpc) is 3.51. The molecular weight excluding hydrogens is 614 g/mol. The quantitative estimate of drug-likeness (QED) is 0.360. The number of ether oxygens (including phenoxy) is 2. The number of methoxy groups -OCH3 is 1. The van der Waals surface area contributed by atoms with Gasteiger partial charge in [-0.1, -0.05) is 0 Å². The van der Waals surface area contributed by atoms with E-state index in [1.165, 1.54) is 13.2 Å². The van der Waals surface area contributed by atoms with E-state index in [0.29, 0.717) is 6.42 Å². The summed E-state index contributed by atoms with van der Waals surface area (Å²) in [7, 11) is 1.18. The predicted molar refractivity (Wildman–Crippen MR) is 144 cm³/mol. The standard InChI is InChI=1S/C29H24F6N4O6/c1-44-17-10-20(31)24(21(32)11-17)18-12-38(26-19(30)7-8-22(36-26)39-15(13-40)4-9-23(39)41)28(43)25(18)37-27(42)14-2-5-16(6-3-14)45-29(33,34)35/h2-3,5-8,10-11,15,18,25,40H,4,9,12-13H2,1H3,(H,37,42)/t15-,18-,25?/m0/s1. The van der Waals surface area contributed by atoms with E-state index >= 15 is 13.2 Å². The van der Waals surface area contributed by atoms with Gasteiger partial charge in [0, 0.05) is 42.1 Å². The zero-order valence-electron chi connectivity index (χ0n) is 23.3. The first kappa shape index (κ1) is 31.6. The Hall–Kier alpha value is -4.86. The van der Waals surface area contributed by atoms with Crippen LogP contribution in [0.3, 0.4) is 0 Å². The fourth-order valence-corrected chi connectivity index (χ4v) is 5.38. The van der Waals surface area contributed by atoms with E-state index < -0.39 is 89.8 Å². The highest BCUT2D eigenvalue weighted by Gasteiger charge is 2.47. The van der Waals surface area contributed by atoms with E-state index in [1.807, 2.05) is 0 Å². The molecule has 2 aromatic carbocycles. The normalized spacial score (nSPS) is 20.1. The lowest BCUT2D eigenvalue weighted by Crippen LogP contribution is -2.44. The Kier molecular flexibility index (Phi) is 8.60. The molecule has 2 aliphatic heterocycles. The van der Waals surface area contributed by atoms with Crippen molar-refractivity contribution in [2.24, 2.45) is 0 Å². The second-order valence-corrected chi connectivity index (χ2v) is 10.2. The molecule has 2 N–H and O–H groups in total. The third kappa shape index (κ3) is 6.36. The maximum absolute atomic E-state index is 15.3. The van der Waals surface area contributed by atoms with Crippen molar-refractivity contribution in [3.05, 3.63) is 77.1 Å². The molecule has 1 unspecified atom stereocenters. The third-order valence-corrected chi connectivity index (χ3v) is 7.46. The number of pyridine rings is 1. The molecule has 3 aromatic rings. The lowest BCUT2D eigenvalue weighted by atomic mass is 9.92. The van der Waals surface area contributed by atoms with Gasteiger partial charge in [0.1, 0.15) is 35.0 Å². The van der Waals surface area contributed by atoms with Crippen LogP contribution in [-0.4, -0.2) is 66.5 Å². The summed E-state index contributed by atoms with van der Waals surface area (Å²) in [5.41, 5.74) is -0.850. The van der Waals surface area contributed by atoms with Crippen LogP contribution in [0.1, 0.15) is 34.7 Å². The molecule has 2 aliphatic rings. The van der Waals surface area contributed by atoms with Crippen molar-refractivity contribution in [1.82, 2.24) is 10.3 Å². The van der Waals surface area contributed by atoms with Gasteiger partial charge in [-0.3, -0.25) is 24.2 Å². The predicted octanol–water partition coefficient (Wildman–Crippen LogP) is 3.82. The zero-order valence-corrected chi connectivity index (χ0v) is 23.3. The van der Waals surface area contributed by atoms with Crippen molar-refractivity contribution in [2.75, 3.05) is 30.1 Å². The maximum Gasteiger partial charge on any atom is 0.573 e. The Labute approximate surface area is 251 Å². The topological polar surface area (TPSA) is 121 Å². The van der Waals surface area contributed by atoms with Crippen molar-refractivity contribution >= 4 is 29.4 Å². The molecule has 10 nitrogen and oxygen atoms in total. The second-order valence-electron chi connectivity index (χ2n) is 10.2. The first-order valence-electron chi connectivity index (χ1n) is 13.4. The molecule has 0 bridgehead atoms. The molecule has 3 amide bonds. The van der Waals surface area contributed by atoms with Crippen LogP contribution in [0.5, 0.6) is 11.5 Å². The number of benzene rings is 2. The molecule has 3 atom stereocenters. The number of halogens is 6. The number of aliphatic hydroxyl groups is 1. The molecular formula is C29H24F6N4O6. The van der Waals surface area contributed by atoms with Gasteiger partial charge in [0.25, 0.3) is 11.8 Å². The number of nitrogens with zero attached hydrogens (tertiary/aromatic N) is 3. The summed E-state index contributed by atoms with van der Waals surface area (Å²) in [6.45, 7) is -0.981. The lowest BCUT2D eigenvalue weighted by molar-refractivity contribution is -0.274. The van der Waals surface area contributed by atoms with Crippen LogP contribution >= 0.6 is 0 Å². The van der Waals surface area contributed by atoms with Crippen molar-refractivity contribution in [3.8, 4) is 11.5 Å². The summed E-state index contributed by atoms with van der Waals surface area (Å²) < 4.78 is 92.0. The molecule has 2 fully saturated rings. The average molecular weight is 639 g/mol. The summed E-state index contributed by atoms with van der Waals surface area (Å²) in [6.07, 6.45) is -4.58. The van der Waals surface area contributed by atoms with Crippen LogP contribution in [0.25, 0.3) is 0 Å². The van der Waals surface area contributed by atoms with Gasteiger partial charge in [0.2, 0.25) is 5.91 Å². The van der Waals surface area contributed by atoms with E-state index in [-0.39, 0.29) is 23.6 Å². The third-order valence-electron chi connectivity index (χ3n) is 7.46. The molecule has 3 heterocycles. The van der Waals surface area contributed by atoms with Gasteiger partial charge >= 0.3 is 6.36 Å². The number of hydrogen-bond donors (Lipinski definition) is 2. The van der Waals surface area contributed by atoms with Crippen molar-refractivity contribution in [2.45, 2.75) is 37.2 Å². The number of aromatic nitrogens is 1. The Morgan fingerprint density at radius 1 is 1.02 bits per heavy atom. The van der Waals surface area contributed by atoms with Gasteiger partial charge in [-0.2, -0.15) is 0 Å². The van der Waals surface area contributed by atoms with E-state index in [2.05, 4.69) is 15.0 Å². The lowest BCUT2D eigenvalue weighted by Gasteiger charge is -2.24. The minimum Gasteiger partial charge on any atom is -0.497 e. The second kappa shape index (κ2) is 12.3. The fourth-order valence-electron chi connectivity index (χ4n) is 5.38. The molecule has 0 aliphatic carbocycles. The highest BCUT2D eigenvalue weighted by atomic mass is 19.4. The minimum absolute atomic E-state index is 0.0761. The van der Waals surface area contributed by atoms with Gasteiger partial charge in [-0.15, -0.1) is 13.2 Å². The van der Waals surface area contributed by atoms with Gasteiger partial charge in [-0.05, 0) is 42.8 Å². The number of carbonyl (C=O) groups is 3. The molecule has 45 heavy (non-hydrogen) atoms. The van der Waals surface area contributed by atoms with Gasteiger partial charge in [0.05, 0.1) is 19.8 Å². The smallest absolute Gasteiger partial charge is 0.497 e. The summed E-state index contributed by atoms with van der Waals surface area (Å²) in [5, 5.41) is 12.0. The van der Waals surface area contributed by atoms with Gasteiger partial charge in [0.15, 0.2) is 11.6 Å². The minimum atomic E-state index is -4.98. The number of anilines is 2. The van der Waals surface area contributed by atoms with Crippen LogP contribution in [0.15, 0.2) is 48.5 Å². The first-order chi connectivity index (χ1) is 21.3. The van der Waals surface area contributed by atoms with E-state index in [9.17, 15) is 32.7 Å². The van der Waals surface area contributed by atoms with Gasteiger partial charge in [-0.25, -0.2) is 18.2 Å². The highest BCUT2D eigenvalue weighted by molar-refractivity contribution is 6.05. The largest absolute Gasteiger partial charge is 0.573 e. The molecule has 0 radical (unpaired) electrons. The van der Waals surface area contributed by atoms with Crippen molar-refractivity contribution in [3.63, 3.8) is 0 Å². The summed E-state index contributed by atoms with van der Waals surface area (Å²) >= 11 is 0. The molecule has 0 saturated carbocycles. The molecule has 5 rings (SSSR count). The maximum atomic E-state index is 15.3. The number of carbonyl (C=O) groups excluding carboxylic acids is 3. The number of alkyl halides is 3. The SMILES string of the molecule is COc1cc(F)c([C@@H]2CN(c3nc(N4C(=O)CC[C@H]4CO)ccc3F)C(=O)C2NC(=O)c2ccc(OC(F)(F)F)cc2)c(F)c1. The summed E-state index contributed by atoms with van der Waals surface area (Å²) in [4.78, 5) is 45.4. The fraction of sp³-hybridized carbons (Fsp3) is 0.310. The molecule has 238 valence electrons. The van der Waals surface area contributed by atoms with Crippen LogP contribution in [0.2, 0.25) is 0 Å². The van der Waals surface area contributed by atoms with Crippen molar-refractivity contribution in [1.29, 1.82) is 0 Å². The molecule has 2 saturated heterocycles. The Balaban J connectivity index is 1.51. The van der Waals surface area contributed by atoms with Crippen LogP contribution in [0, 0.1) is 17.5 Å². The van der Waals surface area contributed by atoms with Crippen LogP contribution in [-0.2, 0) is 9.59 Å². The number of amides is 3. The van der Waals surface area contributed by atoms with E-state index in [1.54, 1.807) is 0 Å². The molecule has 0 spiro atoms. The Bertz CT molecular complexity index is 1610. The van der Waals surface area contributed by atoms with E-state index in [0.717, 1.165) is 52.3 Å². The number of rotatable bonds is 8. The van der Waals surface area contributed by atoms with Crippen molar-refractivity contribution < 1.29 is 55.3 Å². The van der Waals surface area contributed by atoms with Gasteiger partial charge < -0.3 is 19.9 Å². The summed E-state index contributed by atoms with van der Waals surface area (Å²) in [6, 6.07) is 5.15. The number of nitrogens with one attached hydrogen (secondary N) is 1. The Morgan fingerprint density at radius 2 is 1.69 bits per heavy atom. The molecule has 1 aromatic heterocycles. The van der Waals surface area contributed by atoms with E-state index in [4.69, 9.17) is 4.74 Å². The molecule has 16 heteroatoms.